The van der Waals surface area contributed by atoms with E-state index in [1.54, 1.807) is 17.0 Å². The SMILES string of the molecule is C[Si](C)(C)CCOCn1cc(I)c(Oc2c(F)cc([N+](=O)[O-])cc2F)c1. The van der Waals surface area contributed by atoms with Crippen LogP contribution < -0.4 is 4.74 Å². The van der Waals surface area contributed by atoms with E-state index >= 15 is 0 Å². The Bertz CT molecular complexity index is 785. The predicted molar refractivity (Wildman–Crippen MR) is 104 cm³/mol. The Hall–Kier alpha value is -1.53. The minimum Gasteiger partial charge on any atom is -0.448 e. The van der Waals surface area contributed by atoms with Crippen molar-refractivity contribution in [2.45, 2.75) is 32.4 Å². The van der Waals surface area contributed by atoms with Gasteiger partial charge in [0, 0.05) is 27.1 Å². The third kappa shape index (κ3) is 5.74. The zero-order chi connectivity index (χ0) is 19.5. The summed E-state index contributed by atoms with van der Waals surface area (Å²) in [5.74, 6) is -2.70. The Kier molecular flexibility index (Phi) is 6.74. The second-order valence-electron chi connectivity index (χ2n) is 6.93. The molecule has 0 radical (unpaired) electrons. The number of hydrogen-bond donors (Lipinski definition) is 0. The molecule has 0 atom stereocenters. The van der Waals surface area contributed by atoms with Gasteiger partial charge in [0.25, 0.3) is 5.69 Å². The number of rotatable bonds is 8. The molecule has 10 heteroatoms. The van der Waals surface area contributed by atoms with Crippen molar-refractivity contribution in [2.24, 2.45) is 0 Å². The van der Waals surface area contributed by atoms with E-state index in [2.05, 4.69) is 19.6 Å². The van der Waals surface area contributed by atoms with Gasteiger partial charge in [0.2, 0.25) is 0 Å². The molecule has 0 N–H and O–H groups in total. The molecular weight excluding hydrogens is 477 g/mol. The Morgan fingerprint density at radius 2 is 1.85 bits per heavy atom. The summed E-state index contributed by atoms with van der Waals surface area (Å²) >= 11 is 1.97. The van der Waals surface area contributed by atoms with E-state index in [0.717, 1.165) is 6.04 Å². The summed E-state index contributed by atoms with van der Waals surface area (Å²) in [6, 6.07) is 2.29. The first-order valence-electron chi connectivity index (χ1n) is 7.81. The number of halogens is 3. The van der Waals surface area contributed by atoms with Crippen molar-refractivity contribution >= 4 is 36.4 Å². The predicted octanol–water partition coefficient (Wildman–Crippen LogP) is 5.38. The number of aromatic nitrogens is 1. The molecule has 1 aromatic heterocycles. The van der Waals surface area contributed by atoms with Gasteiger partial charge in [-0.3, -0.25) is 10.1 Å². The molecule has 1 heterocycles. The molecular formula is C16H19F2IN2O4Si. The monoisotopic (exact) mass is 496 g/mol. The fraction of sp³-hybridized carbons (Fsp3) is 0.375. The molecule has 142 valence electrons. The molecule has 0 aliphatic rings. The summed E-state index contributed by atoms with van der Waals surface area (Å²) in [5, 5.41) is 10.6. The van der Waals surface area contributed by atoms with E-state index in [9.17, 15) is 18.9 Å². The largest absolute Gasteiger partial charge is 0.448 e. The highest BCUT2D eigenvalue weighted by Gasteiger charge is 2.20. The molecule has 0 spiro atoms. The maximum Gasteiger partial charge on any atom is 0.275 e. The van der Waals surface area contributed by atoms with Crippen LogP contribution in [0.25, 0.3) is 0 Å². The quantitative estimate of drug-likeness (QED) is 0.162. The van der Waals surface area contributed by atoms with Crippen LogP contribution in [0.1, 0.15) is 0 Å². The van der Waals surface area contributed by atoms with E-state index in [-0.39, 0.29) is 5.75 Å². The van der Waals surface area contributed by atoms with Crippen LogP contribution in [-0.4, -0.2) is 24.2 Å². The molecule has 0 saturated heterocycles. The van der Waals surface area contributed by atoms with E-state index < -0.39 is 36.1 Å². The summed E-state index contributed by atoms with van der Waals surface area (Å²) in [6.45, 7) is 7.72. The van der Waals surface area contributed by atoms with Gasteiger partial charge >= 0.3 is 0 Å². The zero-order valence-electron chi connectivity index (χ0n) is 14.6. The molecule has 0 amide bonds. The van der Waals surface area contributed by atoms with E-state index in [4.69, 9.17) is 9.47 Å². The molecule has 0 aliphatic heterocycles. The van der Waals surface area contributed by atoms with Crippen molar-refractivity contribution in [1.29, 1.82) is 0 Å². The Labute approximate surface area is 164 Å². The van der Waals surface area contributed by atoms with Crippen molar-refractivity contribution in [3.05, 3.63) is 49.8 Å². The molecule has 0 saturated carbocycles. The average molecular weight is 496 g/mol. The summed E-state index contributed by atoms with van der Waals surface area (Å²) in [5.41, 5.74) is -0.671. The topological polar surface area (TPSA) is 66.5 Å². The Morgan fingerprint density at radius 1 is 1.23 bits per heavy atom. The first-order chi connectivity index (χ1) is 12.1. The van der Waals surface area contributed by atoms with Crippen LogP contribution in [0, 0.1) is 25.3 Å². The van der Waals surface area contributed by atoms with Crippen LogP contribution in [0.5, 0.6) is 11.5 Å². The average Bonchev–Trinajstić information content (AvgIpc) is 2.86. The summed E-state index contributed by atoms with van der Waals surface area (Å²) in [6.07, 6.45) is 3.29. The normalized spacial score (nSPS) is 11.6. The van der Waals surface area contributed by atoms with Crippen molar-refractivity contribution in [2.75, 3.05) is 6.61 Å². The van der Waals surface area contributed by atoms with Crippen LogP contribution in [-0.2, 0) is 11.5 Å². The maximum absolute atomic E-state index is 14.0. The number of nitro groups is 1. The standard InChI is InChI=1S/C16H19F2IN2O4Si/c1-26(2,3)5-4-24-10-20-8-14(19)15(9-20)25-16-12(17)6-11(21(22)23)7-13(16)18/h6-9H,4-5,10H2,1-3H3. The highest BCUT2D eigenvalue weighted by molar-refractivity contribution is 14.1. The van der Waals surface area contributed by atoms with Crippen LogP contribution in [0.15, 0.2) is 24.5 Å². The van der Waals surface area contributed by atoms with Crippen molar-refractivity contribution in [1.82, 2.24) is 4.57 Å². The molecule has 0 unspecified atom stereocenters. The molecule has 0 aliphatic carbocycles. The number of ether oxygens (including phenoxy) is 2. The van der Waals surface area contributed by atoms with E-state index in [0.29, 0.717) is 29.0 Å². The molecule has 2 rings (SSSR count). The second-order valence-corrected chi connectivity index (χ2v) is 13.7. The third-order valence-electron chi connectivity index (χ3n) is 3.44. The number of nitrogens with zero attached hydrogens (tertiary/aromatic N) is 2. The Morgan fingerprint density at radius 3 is 2.38 bits per heavy atom. The van der Waals surface area contributed by atoms with Crippen molar-refractivity contribution < 1.29 is 23.2 Å². The lowest BCUT2D eigenvalue weighted by atomic mass is 10.3. The lowest BCUT2D eigenvalue weighted by Crippen LogP contribution is -2.21. The number of benzene rings is 1. The van der Waals surface area contributed by atoms with Gasteiger partial charge in [-0.25, -0.2) is 8.78 Å². The van der Waals surface area contributed by atoms with Crippen molar-refractivity contribution in [3.63, 3.8) is 0 Å². The minimum atomic E-state index is -1.17. The first kappa shape index (κ1) is 20.8. The summed E-state index contributed by atoms with van der Waals surface area (Å²) in [7, 11) is -1.17. The second kappa shape index (κ2) is 8.44. The lowest BCUT2D eigenvalue weighted by Gasteiger charge is -2.15. The molecule has 0 bridgehead atoms. The number of nitro benzene ring substituents is 1. The van der Waals surface area contributed by atoms with E-state index in [1.807, 2.05) is 22.6 Å². The molecule has 6 nitrogen and oxygen atoms in total. The van der Waals surface area contributed by atoms with Crippen LogP contribution in [0.2, 0.25) is 25.7 Å². The number of non-ortho nitro benzene ring substituents is 1. The van der Waals surface area contributed by atoms with Crippen LogP contribution >= 0.6 is 22.6 Å². The van der Waals surface area contributed by atoms with Gasteiger partial charge in [-0.15, -0.1) is 0 Å². The van der Waals surface area contributed by atoms with Gasteiger partial charge in [-0.2, -0.15) is 0 Å². The maximum atomic E-state index is 14.0. The molecule has 2 aromatic rings. The lowest BCUT2D eigenvalue weighted by molar-refractivity contribution is -0.385. The number of hydrogen-bond acceptors (Lipinski definition) is 4. The first-order valence-corrected chi connectivity index (χ1v) is 12.6. The fourth-order valence-electron chi connectivity index (χ4n) is 2.02. The zero-order valence-corrected chi connectivity index (χ0v) is 17.7. The van der Waals surface area contributed by atoms with Gasteiger partial charge in [0.15, 0.2) is 23.1 Å². The van der Waals surface area contributed by atoms with Gasteiger partial charge < -0.3 is 14.0 Å². The highest BCUT2D eigenvalue weighted by atomic mass is 127. The third-order valence-corrected chi connectivity index (χ3v) is 5.95. The van der Waals surface area contributed by atoms with Gasteiger partial charge in [-0.05, 0) is 28.6 Å². The fourth-order valence-corrected chi connectivity index (χ4v) is 3.38. The summed E-state index contributed by atoms with van der Waals surface area (Å²) in [4.78, 5) is 9.77. The molecule has 0 fully saturated rings. The van der Waals surface area contributed by atoms with Gasteiger partial charge in [0.1, 0.15) is 6.73 Å². The highest BCUT2D eigenvalue weighted by Crippen LogP contribution is 2.33. The smallest absolute Gasteiger partial charge is 0.275 e. The van der Waals surface area contributed by atoms with Gasteiger partial charge in [-0.1, -0.05) is 19.6 Å². The molecule has 26 heavy (non-hydrogen) atoms. The van der Waals surface area contributed by atoms with E-state index in [1.165, 1.54) is 0 Å². The van der Waals surface area contributed by atoms with Gasteiger partial charge in [0.05, 0.1) is 20.6 Å². The van der Waals surface area contributed by atoms with Crippen LogP contribution in [0.3, 0.4) is 0 Å². The minimum absolute atomic E-state index is 0.242. The molecule has 1 aromatic carbocycles. The Balaban J connectivity index is 2.07. The summed E-state index contributed by atoms with van der Waals surface area (Å²) < 4.78 is 41.2. The van der Waals surface area contributed by atoms with Crippen LogP contribution in [0.4, 0.5) is 14.5 Å². The van der Waals surface area contributed by atoms with Crippen molar-refractivity contribution in [3.8, 4) is 11.5 Å².